The maximum Gasteiger partial charge on any atom is 0.307 e. The van der Waals surface area contributed by atoms with Crippen LogP contribution in [0, 0.1) is 3.57 Å². The van der Waals surface area contributed by atoms with Gasteiger partial charge in [-0.2, -0.15) is 0 Å². The van der Waals surface area contributed by atoms with E-state index in [1.807, 2.05) is 12.1 Å². The lowest BCUT2D eigenvalue weighted by molar-refractivity contribution is -0.136. The average molecular weight is 410 g/mol. The van der Waals surface area contributed by atoms with Gasteiger partial charge >= 0.3 is 5.97 Å². The molecule has 2 aromatic rings. The molecule has 22 heavy (non-hydrogen) atoms. The van der Waals surface area contributed by atoms with Crippen LogP contribution in [0.4, 0.5) is 0 Å². The van der Waals surface area contributed by atoms with E-state index in [0.717, 1.165) is 3.57 Å². The summed E-state index contributed by atoms with van der Waals surface area (Å²) in [6.45, 7) is 0.0724. The fourth-order valence-corrected chi connectivity index (χ4v) is 2.62. The third kappa shape index (κ3) is 2.92. The Hall–Kier alpha value is -2.09. The maximum absolute atomic E-state index is 12.7. The number of hydrogen-bond acceptors (Lipinski definition) is 4. The van der Waals surface area contributed by atoms with Crippen molar-refractivity contribution in [2.24, 2.45) is 0 Å². The molecule has 0 fully saturated rings. The van der Waals surface area contributed by atoms with Crippen LogP contribution in [0.5, 0.6) is 11.5 Å². The predicted octanol–water partition coefficient (Wildman–Crippen LogP) is 2.88. The van der Waals surface area contributed by atoms with Crippen LogP contribution in [-0.2, 0) is 11.2 Å². The van der Waals surface area contributed by atoms with Crippen LogP contribution in [0.2, 0.25) is 0 Å². The summed E-state index contributed by atoms with van der Waals surface area (Å²) in [5.41, 5.74) is 1.25. The Morgan fingerprint density at radius 2 is 1.73 bits per heavy atom. The number of aliphatic carboxylic acids is 1. The minimum atomic E-state index is -1.00. The Kier molecular flexibility index (Phi) is 4.02. The normalized spacial score (nSPS) is 12.2. The SMILES string of the molecule is O=C(O)Cc1cc2c(cc1C(=O)c1ccc(I)cc1)OCO2. The van der Waals surface area contributed by atoms with Crippen molar-refractivity contribution in [3.05, 3.63) is 56.7 Å². The molecule has 5 nitrogen and oxygen atoms in total. The molecule has 0 radical (unpaired) electrons. The molecular weight excluding hydrogens is 399 g/mol. The van der Waals surface area contributed by atoms with Crippen molar-refractivity contribution in [2.45, 2.75) is 6.42 Å². The van der Waals surface area contributed by atoms with Crippen molar-refractivity contribution in [1.29, 1.82) is 0 Å². The topological polar surface area (TPSA) is 72.8 Å². The Labute approximate surface area is 140 Å². The van der Waals surface area contributed by atoms with Crippen LogP contribution < -0.4 is 9.47 Å². The number of ether oxygens (including phenoxy) is 2. The zero-order valence-electron chi connectivity index (χ0n) is 11.3. The molecule has 0 spiro atoms. The summed E-state index contributed by atoms with van der Waals surface area (Å²) in [5.74, 6) is -0.306. The van der Waals surface area contributed by atoms with Gasteiger partial charge in [-0.1, -0.05) is 0 Å². The van der Waals surface area contributed by atoms with E-state index in [1.165, 1.54) is 0 Å². The predicted molar refractivity (Wildman–Crippen MR) is 86.5 cm³/mol. The molecular formula is C16H11IO5. The summed E-state index contributed by atoms with van der Waals surface area (Å²) in [6.07, 6.45) is -0.248. The molecule has 0 saturated heterocycles. The van der Waals surface area contributed by atoms with Gasteiger partial charge in [0, 0.05) is 14.7 Å². The Bertz CT molecular complexity index is 752. The molecule has 0 atom stereocenters. The number of halogens is 1. The van der Waals surface area contributed by atoms with E-state index < -0.39 is 5.97 Å². The van der Waals surface area contributed by atoms with Crippen LogP contribution in [0.3, 0.4) is 0 Å². The number of carboxylic acid groups (broad SMARTS) is 1. The fraction of sp³-hybridized carbons (Fsp3) is 0.125. The van der Waals surface area contributed by atoms with Gasteiger partial charge in [-0.15, -0.1) is 0 Å². The lowest BCUT2D eigenvalue weighted by atomic mass is 9.96. The molecule has 0 saturated carbocycles. The first-order valence-electron chi connectivity index (χ1n) is 6.49. The lowest BCUT2D eigenvalue weighted by Gasteiger charge is -2.09. The van der Waals surface area contributed by atoms with E-state index in [9.17, 15) is 9.59 Å². The number of benzene rings is 2. The Morgan fingerprint density at radius 3 is 2.36 bits per heavy atom. The third-order valence-corrected chi connectivity index (χ3v) is 4.01. The number of rotatable bonds is 4. The summed E-state index contributed by atoms with van der Waals surface area (Å²) < 4.78 is 11.5. The van der Waals surface area contributed by atoms with E-state index in [0.29, 0.717) is 28.2 Å². The Balaban J connectivity index is 2.06. The molecule has 0 amide bonds. The van der Waals surface area contributed by atoms with E-state index in [1.54, 1.807) is 24.3 Å². The summed E-state index contributed by atoms with van der Waals surface area (Å²) in [5, 5.41) is 9.04. The van der Waals surface area contributed by atoms with Crippen LogP contribution in [0.1, 0.15) is 21.5 Å². The van der Waals surface area contributed by atoms with Crippen LogP contribution >= 0.6 is 22.6 Å². The minimum Gasteiger partial charge on any atom is -0.481 e. The average Bonchev–Trinajstić information content (AvgIpc) is 2.93. The standard InChI is InChI=1S/C16H11IO5/c17-11-3-1-9(2-4-11)16(20)12-7-14-13(21-8-22-14)5-10(12)6-15(18)19/h1-5,7H,6,8H2,(H,18,19). The number of ketones is 1. The van der Waals surface area contributed by atoms with Gasteiger partial charge in [0.1, 0.15) is 0 Å². The van der Waals surface area contributed by atoms with Crippen molar-refractivity contribution < 1.29 is 24.2 Å². The van der Waals surface area contributed by atoms with Crippen molar-refractivity contribution in [3.63, 3.8) is 0 Å². The molecule has 1 aliphatic rings. The molecule has 0 aliphatic carbocycles. The quantitative estimate of drug-likeness (QED) is 0.620. The summed E-state index contributed by atoms with van der Waals surface area (Å²) in [6, 6.07) is 10.2. The van der Waals surface area contributed by atoms with Crippen molar-refractivity contribution >= 4 is 34.3 Å². The first-order valence-corrected chi connectivity index (χ1v) is 7.57. The van der Waals surface area contributed by atoms with E-state index >= 15 is 0 Å². The minimum absolute atomic E-state index is 0.0724. The Morgan fingerprint density at radius 1 is 1.09 bits per heavy atom. The van der Waals surface area contributed by atoms with Crippen molar-refractivity contribution in [2.75, 3.05) is 6.79 Å². The molecule has 3 rings (SSSR count). The maximum atomic E-state index is 12.7. The molecule has 112 valence electrons. The molecule has 6 heteroatoms. The molecule has 2 aromatic carbocycles. The van der Waals surface area contributed by atoms with Gasteiger partial charge in [-0.25, -0.2) is 0 Å². The fourth-order valence-electron chi connectivity index (χ4n) is 2.26. The largest absolute Gasteiger partial charge is 0.481 e. The van der Waals surface area contributed by atoms with E-state index in [4.69, 9.17) is 14.6 Å². The van der Waals surface area contributed by atoms with E-state index in [-0.39, 0.29) is 19.0 Å². The van der Waals surface area contributed by atoms with Gasteiger partial charge in [0.15, 0.2) is 17.3 Å². The zero-order valence-corrected chi connectivity index (χ0v) is 13.5. The highest BCUT2D eigenvalue weighted by Gasteiger charge is 2.22. The highest BCUT2D eigenvalue weighted by molar-refractivity contribution is 14.1. The van der Waals surface area contributed by atoms with Gasteiger partial charge in [0.05, 0.1) is 6.42 Å². The molecule has 1 aliphatic heterocycles. The second-order valence-corrected chi connectivity index (χ2v) is 6.01. The highest BCUT2D eigenvalue weighted by Crippen LogP contribution is 2.35. The smallest absolute Gasteiger partial charge is 0.307 e. The van der Waals surface area contributed by atoms with Gasteiger partial charge in [0.2, 0.25) is 6.79 Å². The summed E-state index contributed by atoms with van der Waals surface area (Å²) in [4.78, 5) is 23.7. The van der Waals surface area contributed by atoms with Crippen molar-refractivity contribution in [1.82, 2.24) is 0 Å². The monoisotopic (exact) mass is 410 g/mol. The lowest BCUT2D eigenvalue weighted by Crippen LogP contribution is -2.09. The van der Waals surface area contributed by atoms with Gasteiger partial charge in [0.25, 0.3) is 0 Å². The number of carbonyl (C=O) groups excluding carboxylic acids is 1. The third-order valence-electron chi connectivity index (χ3n) is 3.29. The zero-order chi connectivity index (χ0) is 15.7. The van der Waals surface area contributed by atoms with E-state index in [2.05, 4.69) is 22.6 Å². The second kappa shape index (κ2) is 5.96. The van der Waals surface area contributed by atoms with Crippen LogP contribution in [0.15, 0.2) is 36.4 Å². The molecule has 1 N–H and O–H groups in total. The molecule has 1 heterocycles. The van der Waals surface area contributed by atoms with Crippen molar-refractivity contribution in [3.8, 4) is 11.5 Å². The molecule has 0 unspecified atom stereocenters. The van der Waals surface area contributed by atoms with Gasteiger partial charge in [-0.3, -0.25) is 9.59 Å². The number of hydrogen-bond donors (Lipinski definition) is 1. The second-order valence-electron chi connectivity index (χ2n) is 4.77. The molecule has 0 bridgehead atoms. The number of carbonyl (C=O) groups is 2. The summed E-state index contributed by atoms with van der Waals surface area (Å²) >= 11 is 2.16. The van der Waals surface area contributed by atoms with Gasteiger partial charge in [-0.05, 0) is 64.6 Å². The highest BCUT2D eigenvalue weighted by atomic mass is 127. The first kappa shape index (κ1) is 14.8. The molecule has 0 aromatic heterocycles. The number of carboxylic acids is 1. The van der Waals surface area contributed by atoms with Gasteiger partial charge < -0.3 is 14.6 Å². The summed E-state index contributed by atoms with van der Waals surface area (Å²) in [7, 11) is 0. The number of fused-ring (bicyclic) bond motifs is 1. The van der Waals surface area contributed by atoms with Crippen LogP contribution in [0.25, 0.3) is 0 Å². The first-order chi connectivity index (χ1) is 10.5. The van der Waals surface area contributed by atoms with Crippen LogP contribution in [-0.4, -0.2) is 23.7 Å².